The van der Waals surface area contributed by atoms with Crippen molar-refractivity contribution in [3.63, 3.8) is 0 Å². The van der Waals surface area contributed by atoms with E-state index in [1.54, 1.807) is 17.3 Å². The largest absolute Gasteiger partial charge is 0.417 e. The second-order valence-electron chi connectivity index (χ2n) is 5.45. The van der Waals surface area contributed by atoms with Gasteiger partial charge in [-0.2, -0.15) is 13.2 Å². The summed E-state index contributed by atoms with van der Waals surface area (Å²) in [4.78, 5) is 21.2. The van der Waals surface area contributed by atoms with E-state index in [0.29, 0.717) is 30.9 Å². The molecule has 0 spiro atoms. The molecule has 0 aliphatic carbocycles. The van der Waals surface area contributed by atoms with E-state index >= 15 is 0 Å². The van der Waals surface area contributed by atoms with Gasteiger partial charge >= 0.3 is 12.2 Å². The molecule has 0 fully saturated rings. The van der Waals surface area contributed by atoms with Crippen LogP contribution in [0.15, 0.2) is 24.7 Å². The summed E-state index contributed by atoms with van der Waals surface area (Å²) in [5, 5.41) is 0. The Bertz CT molecular complexity index is 629. The third-order valence-corrected chi connectivity index (χ3v) is 3.76. The summed E-state index contributed by atoms with van der Waals surface area (Å²) in [5.74, 6) is 0. The molecule has 1 aromatic rings. The van der Waals surface area contributed by atoms with E-state index in [4.69, 9.17) is 0 Å². The minimum Gasteiger partial charge on any atom is -0.361 e. The fourth-order valence-corrected chi connectivity index (χ4v) is 2.58. The number of hydrogen-bond acceptors (Lipinski definition) is 3. The van der Waals surface area contributed by atoms with E-state index in [1.807, 2.05) is 11.9 Å². The molecule has 5 nitrogen and oxygen atoms in total. The predicted molar refractivity (Wildman–Crippen MR) is 72.4 cm³/mol. The Morgan fingerprint density at radius 2 is 2.09 bits per heavy atom. The Hall–Kier alpha value is -2.25. The number of hydrogen-bond donors (Lipinski definition) is 0. The lowest BCUT2D eigenvalue weighted by Gasteiger charge is -2.31. The van der Waals surface area contributed by atoms with Crippen molar-refractivity contribution < 1.29 is 18.0 Å². The maximum Gasteiger partial charge on any atom is 0.417 e. The van der Waals surface area contributed by atoms with Crippen molar-refractivity contribution in [2.24, 2.45) is 0 Å². The van der Waals surface area contributed by atoms with Crippen molar-refractivity contribution in [1.82, 2.24) is 19.7 Å². The van der Waals surface area contributed by atoms with E-state index in [2.05, 4.69) is 4.98 Å². The van der Waals surface area contributed by atoms with E-state index < -0.39 is 11.7 Å². The summed E-state index contributed by atoms with van der Waals surface area (Å²) in [6.07, 6.45) is 0.344. The molecule has 1 aromatic heterocycles. The molecule has 0 atom stereocenters. The highest BCUT2D eigenvalue weighted by Gasteiger charge is 2.33. The second-order valence-corrected chi connectivity index (χ2v) is 5.45. The highest BCUT2D eigenvalue weighted by molar-refractivity contribution is 5.76. The van der Waals surface area contributed by atoms with Crippen LogP contribution < -0.4 is 0 Å². The fourth-order valence-electron chi connectivity index (χ4n) is 2.58. The van der Waals surface area contributed by atoms with Crippen molar-refractivity contribution in [2.75, 3.05) is 20.3 Å². The van der Waals surface area contributed by atoms with Gasteiger partial charge < -0.3 is 9.80 Å². The third-order valence-electron chi connectivity index (χ3n) is 3.76. The fraction of sp³-hybridized carbons (Fsp3) is 0.429. The standard InChI is InChI=1S/C14H15F3N4O/c1-19-4-5-21(9-19)13(22)20-3-2-12-10(8-20)6-11(7-18-12)14(15,16)17/h4-7H,2-3,8-9H2,1H3. The molecular formula is C14H15F3N4O. The number of alkyl halides is 3. The average Bonchev–Trinajstić information content (AvgIpc) is 2.91. The molecule has 8 heteroatoms. The molecule has 3 heterocycles. The van der Waals surface area contributed by atoms with Gasteiger partial charge in [0.15, 0.2) is 0 Å². The number of urea groups is 1. The molecule has 0 saturated carbocycles. The quantitative estimate of drug-likeness (QED) is 0.738. The number of carbonyl (C=O) groups is 1. The monoisotopic (exact) mass is 312 g/mol. The first kappa shape index (κ1) is 14.7. The average molecular weight is 312 g/mol. The Kier molecular flexibility index (Phi) is 3.46. The first-order valence-corrected chi connectivity index (χ1v) is 6.84. The minimum atomic E-state index is -4.42. The lowest BCUT2D eigenvalue weighted by molar-refractivity contribution is -0.137. The molecule has 0 unspecified atom stereocenters. The van der Waals surface area contributed by atoms with Crippen molar-refractivity contribution in [3.8, 4) is 0 Å². The maximum atomic E-state index is 12.8. The van der Waals surface area contributed by atoms with Crippen LogP contribution in [-0.2, 0) is 19.1 Å². The van der Waals surface area contributed by atoms with Crippen molar-refractivity contribution >= 4 is 6.03 Å². The minimum absolute atomic E-state index is 0.152. The normalized spacial score (nSPS) is 17.9. The molecule has 0 aromatic carbocycles. The lowest BCUT2D eigenvalue weighted by Crippen LogP contribution is -2.44. The third kappa shape index (κ3) is 2.72. The van der Waals surface area contributed by atoms with Gasteiger partial charge in [0.25, 0.3) is 0 Å². The summed E-state index contributed by atoms with van der Waals surface area (Å²) >= 11 is 0. The maximum absolute atomic E-state index is 12.8. The van der Waals surface area contributed by atoms with E-state index in [9.17, 15) is 18.0 Å². The molecule has 2 aliphatic rings. The van der Waals surface area contributed by atoms with E-state index in [0.717, 1.165) is 12.3 Å². The van der Waals surface area contributed by atoms with Gasteiger partial charge in [-0.25, -0.2) is 4.79 Å². The number of aromatic nitrogens is 1. The van der Waals surface area contributed by atoms with Crippen molar-refractivity contribution in [1.29, 1.82) is 0 Å². The van der Waals surface area contributed by atoms with Gasteiger partial charge in [0.05, 0.1) is 12.2 Å². The number of carbonyl (C=O) groups excluding carboxylic acids is 1. The summed E-state index contributed by atoms with van der Waals surface area (Å²) in [7, 11) is 1.84. The number of rotatable bonds is 0. The van der Waals surface area contributed by atoms with Crippen molar-refractivity contribution in [2.45, 2.75) is 19.1 Å². The molecule has 118 valence electrons. The van der Waals surface area contributed by atoms with Gasteiger partial charge in [-0.15, -0.1) is 0 Å². The smallest absolute Gasteiger partial charge is 0.361 e. The molecule has 0 bridgehead atoms. The Labute approximate surface area is 125 Å². The molecule has 3 rings (SSSR count). The molecule has 0 N–H and O–H groups in total. The van der Waals surface area contributed by atoms with Crippen LogP contribution >= 0.6 is 0 Å². The van der Waals surface area contributed by atoms with E-state index in [-0.39, 0.29) is 12.6 Å². The van der Waals surface area contributed by atoms with Gasteiger partial charge in [0.2, 0.25) is 0 Å². The van der Waals surface area contributed by atoms with Crippen LogP contribution in [0.25, 0.3) is 0 Å². The predicted octanol–water partition coefficient (Wildman–Crippen LogP) is 2.25. The summed E-state index contributed by atoms with van der Waals surface area (Å²) in [6.45, 7) is 1.06. The topological polar surface area (TPSA) is 39.7 Å². The molecule has 2 aliphatic heterocycles. The summed E-state index contributed by atoms with van der Waals surface area (Å²) in [5.41, 5.74) is 0.318. The molecular weight excluding hydrogens is 297 g/mol. The van der Waals surface area contributed by atoms with Crippen LogP contribution in [0, 0.1) is 0 Å². The zero-order valence-electron chi connectivity index (χ0n) is 12.0. The number of pyridine rings is 1. The van der Waals surface area contributed by atoms with Crippen LogP contribution in [0.4, 0.5) is 18.0 Å². The van der Waals surface area contributed by atoms with Gasteiger partial charge in [-0.1, -0.05) is 0 Å². The highest BCUT2D eigenvalue weighted by atomic mass is 19.4. The van der Waals surface area contributed by atoms with Crippen molar-refractivity contribution in [3.05, 3.63) is 41.5 Å². The van der Waals surface area contributed by atoms with Gasteiger partial charge in [-0.05, 0) is 11.6 Å². The lowest BCUT2D eigenvalue weighted by atomic mass is 10.0. The molecule has 0 saturated heterocycles. The Morgan fingerprint density at radius 1 is 1.32 bits per heavy atom. The van der Waals surface area contributed by atoms with Crippen LogP contribution in [0.1, 0.15) is 16.8 Å². The van der Waals surface area contributed by atoms with E-state index in [1.165, 1.54) is 4.90 Å². The van der Waals surface area contributed by atoms with Crippen LogP contribution in [-0.4, -0.2) is 46.0 Å². The van der Waals surface area contributed by atoms with Gasteiger partial charge in [-0.3, -0.25) is 9.88 Å². The Morgan fingerprint density at radius 3 is 2.73 bits per heavy atom. The summed E-state index contributed by atoms with van der Waals surface area (Å²) in [6, 6.07) is 0.886. The first-order valence-electron chi connectivity index (χ1n) is 6.84. The summed E-state index contributed by atoms with van der Waals surface area (Å²) < 4.78 is 38.3. The number of halogens is 3. The number of amides is 2. The number of nitrogens with zero attached hydrogens (tertiary/aromatic N) is 4. The van der Waals surface area contributed by atoms with Crippen LogP contribution in [0.3, 0.4) is 0 Å². The molecule has 2 amide bonds. The SMILES string of the molecule is CN1C=CN(C(=O)N2CCc3ncc(C(F)(F)F)cc3C2)C1. The number of fused-ring (bicyclic) bond motifs is 1. The zero-order valence-corrected chi connectivity index (χ0v) is 12.0. The Balaban J connectivity index is 1.78. The van der Waals surface area contributed by atoms with Crippen LogP contribution in [0.5, 0.6) is 0 Å². The zero-order chi connectivity index (χ0) is 15.9. The highest BCUT2D eigenvalue weighted by Crippen LogP contribution is 2.31. The second kappa shape index (κ2) is 5.19. The van der Waals surface area contributed by atoms with Gasteiger partial charge in [0.1, 0.15) is 0 Å². The van der Waals surface area contributed by atoms with Gasteiger partial charge in [0, 0.05) is 50.8 Å². The molecule has 22 heavy (non-hydrogen) atoms. The first-order chi connectivity index (χ1) is 10.3. The van der Waals surface area contributed by atoms with Crippen LogP contribution in [0.2, 0.25) is 0 Å². The molecule has 0 radical (unpaired) electrons.